The van der Waals surface area contributed by atoms with Crippen molar-refractivity contribution in [3.8, 4) is 0 Å². The maximum absolute atomic E-state index is 12.4. The van der Waals surface area contributed by atoms with Gasteiger partial charge in [0.25, 0.3) is 0 Å². The van der Waals surface area contributed by atoms with Crippen molar-refractivity contribution >= 4 is 17.8 Å². The number of nitrogens with two attached hydrogens (primary N) is 1. The zero-order valence-electron chi connectivity index (χ0n) is 31.1. The lowest BCUT2D eigenvalue weighted by Gasteiger charge is -2.34. The highest BCUT2D eigenvalue weighted by Crippen LogP contribution is 2.22. The standard InChI is InChI=1S/C37H74N4O6/c1-7-41(30(2)3)31(4)26-27-37(5,6)47-35(44)23-21-19-17-15-13-11-9-8-10-12-14-16-18-20-22-34(43)40-32(36(45)46)24-25-33(42)39-29-28-38/h30-33,39,42H,7-29,38H2,1-6H3,(H,40,43)(H,45,46)/t31?,32-,33?/m0/s1. The number of aliphatic hydroxyl groups is 1. The molecule has 0 saturated heterocycles. The molecule has 0 aromatic carbocycles. The third-order valence-electron chi connectivity index (χ3n) is 9.07. The molecule has 2 unspecified atom stereocenters. The highest BCUT2D eigenvalue weighted by atomic mass is 16.6. The van der Waals surface area contributed by atoms with Crippen molar-refractivity contribution in [2.45, 2.75) is 200 Å². The Morgan fingerprint density at radius 1 is 0.787 bits per heavy atom. The fourth-order valence-corrected chi connectivity index (χ4v) is 6.19. The van der Waals surface area contributed by atoms with Crippen molar-refractivity contribution in [3.63, 3.8) is 0 Å². The minimum Gasteiger partial charge on any atom is -0.480 e. The van der Waals surface area contributed by atoms with Gasteiger partial charge in [-0.05, 0) is 79.7 Å². The number of nitrogens with zero attached hydrogens (tertiary/aromatic N) is 1. The number of esters is 1. The average Bonchev–Trinajstić information content (AvgIpc) is 3.00. The molecule has 0 aliphatic heterocycles. The van der Waals surface area contributed by atoms with E-state index in [0.717, 1.165) is 51.5 Å². The van der Waals surface area contributed by atoms with E-state index in [1.54, 1.807) is 0 Å². The Kier molecular flexibility index (Phi) is 27.1. The van der Waals surface area contributed by atoms with Gasteiger partial charge in [-0.3, -0.25) is 19.8 Å². The quantitative estimate of drug-likeness (QED) is 0.0300. The number of carbonyl (C=O) groups excluding carboxylic acids is 2. The molecule has 0 saturated carbocycles. The average molecular weight is 671 g/mol. The molecule has 0 fully saturated rings. The van der Waals surface area contributed by atoms with Crippen LogP contribution in [0.2, 0.25) is 0 Å². The first-order valence-electron chi connectivity index (χ1n) is 18.9. The number of rotatable bonds is 32. The second-order valence-electron chi connectivity index (χ2n) is 14.3. The number of aliphatic hydroxyl groups excluding tert-OH is 1. The zero-order valence-corrected chi connectivity index (χ0v) is 31.1. The molecule has 1 amide bonds. The summed E-state index contributed by atoms with van der Waals surface area (Å²) in [5.41, 5.74) is 4.97. The number of amides is 1. The summed E-state index contributed by atoms with van der Waals surface area (Å²) in [6.45, 7) is 14.9. The van der Waals surface area contributed by atoms with Gasteiger partial charge in [0.15, 0.2) is 0 Å². The van der Waals surface area contributed by atoms with Crippen LogP contribution in [0.15, 0.2) is 0 Å². The van der Waals surface area contributed by atoms with E-state index >= 15 is 0 Å². The van der Waals surface area contributed by atoms with Gasteiger partial charge in [-0.25, -0.2) is 4.79 Å². The van der Waals surface area contributed by atoms with Crippen LogP contribution in [0.1, 0.15) is 170 Å². The van der Waals surface area contributed by atoms with Gasteiger partial charge in [0.1, 0.15) is 17.9 Å². The van der Waals surface area contributed by atoms with Gasteiger partial charge in [-0.2, -0.15) is 0 Å². The van der Waals surface area contributed by atoms with Crippen molar-refractivity contribution in [1.29, 1.82) is 0 Å². The fourth-order valence-electron chi connectivity index (χ4n) is 6.19. The molecular formula is C37H74N4O6. The summed E-state index contributed by atoms with van der Waals surface area (Å²) in [6, 6.07) is 0.0165. The van der Waals surface area contributed by atoms with E-state index in [9.17, 15) is 24.6 Å². The van der Waals surface area contributed by atoms with Gasteiger partial charge in [0.2, 0.25) is 5.91 Å². The summed E-state index contributed by atoms with van der Waals surface area (Å²) < 4.78 is 5.83. The number of aliphatic carboxylic acids is 1. The molecule has 0 rings (SSSR count). The van der Waals surface area contributed by atoms with Gasteiger partial charge >= 0.3 is 11.9 Å². The summed E-state index contributed by atoms with van der Waals surface area (Å²) in [6.07, 6.45) is 18.3. The number of nitrogens with one attached hydrogen (secondary N) is 2. The van der Waals surface area contributed by atoms with Crippen molar-refractivity contribution in [2.75, 3.05) is 19.6 Å². The van der Waals surface area contributed by atoms with Crippen LogP contribution in [0.25, 0.3) is 0 Å². The molecule has 0 aliphatic rings. The predicted molar refractivity (Wildman–Crippen MR) is 192 cm³/mol. The van der Waals surface area contributed by atoms with Crippen LogP contribution in [0.4, 0.5) is 0 Å². The van der Waals surface area contributed by atoms with E-state index in [1.807, 2.05) is 13.8 Å². The maximum atomic E-state index is 12.4. The van der Waals surface area contributed by atoms with Crippen LogP contribution in [0.5, 0.6) is 0 Å². The Labute approximate surface area is 287 Å². The molecule has 3 atom stereocenters. The lowest BCUT2D eigenvalue weighted by atomic mass is 9.98. The molecule has 0 aromatic rings. The van der Waals surface area contributed by atoms with Gasteiger partial charge in [0.05, 0.1) is 0 Å². The number of carboxylic acid groups (broad SMARTS) is 1. The molecule has 0 radical (unpaired) electrons. The lowest BCUT2D eigenvalue weighted by molar-refractivity contribution is -0.157. The fraction of sp³-hybridized carbons (Fsp3) is 0.919. The van der Waals surface area contributed by atoms with Crippen LogP contribution in [0.3, 0.4) is 0 Å². The van der Waals surface area contributed by atoms with Crippen LogP contribution >= 0.6 is 0 Å². The molecular weight excluding hydrogens is 596 g/mol. The maximum Gasteiger partial charge on any atom is 0.326 e. The first kappa shape index (κ1) is 45.2. The summed E-state index contributed by atoms with van der Waals surface area (Å²) in [5, 5.41) is 24.5. The van der Waals surface area contributed by atoms with Crippen molar-refractivity contribution in [2.24, 2.45) is 5.73 Å². The first-order valence-corrected chi connectivity index (χ1v) is 18.9. The Morgan fingerprint density at radius 3 is 1.72 bits per heavy atom. The van der Waals surface area contributed by atoms with E-state index in [0.29, 0.717) is 38.0 Å². The summed E-state index contributed by atoms with van der Waals surface area (Å²) in [4.78, 5) is 38.5. The third-order valence-corrected chi connectivity index (χ3v) is 9.07. The van der Waals surface area contributed by atoms with Crippen LogP contribution in [-0.4, -0.2) is 82.5 Å². The van der Waals surface area contributed by atoms with Gasteiger partial charge < -0.3 is 26.0 Å². The Morgan fingerprint density at radius 2 is 1.28 bits per heavy atom. The Bertz CT molecular complexity index is 810. The number of carbonyl (C=O) groups is 3. The lowest BCUT2D eigenvalue weighted by Crippen LogP contribution is -2.42. The molecule has 10 heteroatoms. The van der Waals surface area contributed by atoms with Gasteiger partial charge in [-0.1, -0.05) is 84.0 Å². The molecule has 10 nitrogen and oxygen atoms in total. The molecule has 47 heavy (non-hydrogen) atoms. The molecule has 0 heterocycles. The summed E-state index contributed by atoms with van der Waals surface area (Å²) in [7, 11) is 0. The van der Waals surface area contributed by atoms with Crippen molar-refractivity contribution in [1.82, 2.24) is 15.5 Å². The molecule has 0 bridgehead atoms. The second-order valence-corrected chi connectivity index (χ2v) is 14.3. The number of hydrogen-bond donors (Lipinski definition) is 5. The van der Waals surface area contributed by atoms with E-state index in [1.165, 1.54) is 57.8 Å². The first-order chi connectivity index (χ1) is 22.3. The Balaban J connectivity index is 3.70. The van der Waals surface area contributed by atoms with Gasteiger partial charge in [0, 0.05) is 38.0 Å². The summed E-state index contributed by atoms with van der Waals surface area (Å²) >= 11 is 0. The number of hydrogen-bond acceptors (Lipinski definition) is 8. The van der Waals surface area contributed by atoms with Crippen LogP contribution in [-0.2, 0) is 19.1 Å². The number of unbranched alkanes of at least 4 members (excludes halogenated alkanes) is 13. The minimum absolute atomic E-state index is 0.0607. The highest BCUT2D eigenvalue weighted by molar-refractivity contribution is 5.83. The Hall–Kier alpha value is -1.75. The van der Waals surface area contributed by atoms with E-state index < -0.39 is 23.8 Å². The molecule has 0 spiro atoms. The predicted octanol–water partition coefficient (Wildman–Crippen LogP) is 6.67. The molecule has 0 aromatic heterocycles. The topological polar surface area (TPSA) is 154 Å². The van der Waals surface area contributed by atoms with Crippen molar-refractivity contribution < 1.29 is 29.3 Å². The van der Waals surface area contributed by atoms with Crippen LogP contribution in [0, 0.1) is 0 Å². The van der Waals surface area contributed by atoms with Crippen LogP contribution < -0.4 is 16.4 Å². The molecule has 0 aliphatic carbocycles. The third kappa shape index (κ3) is 25.9. The SMILES string of the molecule is CCN(C(C)C)C(C)CCC(C)(C)OC(=O)CCCCCCCCCCCCCCCCC(=O)N[C@@H](CCC(O)NCCN)C(=O)O. The number of carboxylic acids is 1. The normalized spacial score (nSPS) is 13.9. The molecule has 278 valence electrons. The second kappa shape index (κ2) is 28.1. The highest BCUT2D eigenvalue weighted by Gasteiger charge is 2.25. The largest absolute Gasteiger partial charge is 0.480 e. The van der Waals surface area contributed by atoms with E-state index in [-0.39, 0.29) is 24.7 Å². The van der Waals surface area contributed by atoms with Gasteiger partial charge in [-0.15, -0.1) is 0 Å². The number of ether oxygens (including phenoxy) is 1. The monoisotopic (exact) mass is 671 g/mol. The zero-order chi connectivity index (χ0) is 35.5. The van der Waals surface area contributed by atoms with E-state index in [2.05, 4.69) is 43.2 Å². The minimum atomic E-state index is -1.08. The summed E-state index contributed by atoms with van der Waals surface area (Å²) in [5.74, 6) is -1.39. The van der Waals surface area contributed by atoms with Crippen molar-refractivity contribution in [3.05, 3.63) is 0 Å². The van der Waals surface area contributed by atoms with E-state index in [4.69, 9.17) is 10.5 Å². The smallest absolute Gasteiger partial charge is 0.326 e. The molecule has 6 N–H and O–H groups in total.